The number of carbonyl (C=O) groups excluding carboxylic acids is 1. The van der Waals surface area contributed by atoms with E-state index in [2.05, 4.69) is 0 Å². The van der Waals surface area contributed by atoms with E-state index in [9.17, 15) is 4.79 Å². The molecule has 5 heteroatoms. The van der Waals surface area contributed by atoms with Crippen LogP contribution in [-0.4, -0.2) is 40.1 Å². The van der Waals surface area contributed by atoms with Crippen LogP contribution in [0.1, 0.15) is 52.4 Å². The van der Waals surface area contributed by atoms with E-state index in [1.54, 1.807) is 0 Å². The highest BCUT2D eigenvalue weighted by Gasteiger charge is 2.45. The van der Waals surface area contributed by atoms with E-state index in [0.29, 0.717) is 18.0 Å². The second kappa shape index (κ2) is 7.20. The molecule has 1 fully saturated rings. The van der Waals surface area contributed by atoms with Crippen LogP contribution < -0.4 is 5.73 Å². The molecule has 0 spiro atoms. The fourth-order valence-corrected chi connectivity index (χ4v) is 3.12. The van der Waals surface area contributed by atoms with E-state index in [4.69, 9.17) is 23.1 Å². The van der Waals surface area contributed by atoms with Crippen molar-refractivity contribution >= 4 is 23.1 Å². The zero-order valence-electron chi connectivity index (χ0n) is 12.0. The molecule has 0 aromatic rings. The topological polar surface area (TPSA) is 66.6 Å². The molecule has 0 aliphatic heterocycles. The van der Waals surface area contributed by atoms with Gasteiger partial charge in [-0.25, -0.2) is 0 Å². The molecule has 1 saturated carbocycles. The van der Waals surface area contributed by atoms with Crippen molar-refractivity contribution in [1.82, 2.24) is 4.90 Å². The second-order valence-electron chi connectivity index (χ2n) is 5.68. The average Bonchev–Trinajstić information content (AvgIpc) is 2.39. The maximum absolute atomic E-state index is 12.9. The summed E-state index contributed by atoms with van der Waals surface area (Å²) in [5, 5.41) is 8.97. The van der Waals surface area contributed by atoms with E-state index in [1.165, 1.54) is 0 Å². The standard InChI is InChI=1S/C14H26N2O2S/c1-11(2)16(9-6-10-17)13(18)14(12(15)19)7-4-3-5-8-14/h11,17H,3-10H2,1-2H3,(H2,15,19). The van der Waals surface area contributed by atoms with Crippen molar-refractivity contribution < 1.29 is 9.90 Å². The summed E-state index contributed by atoms with van der Waals surface area (Å²) >= 11 is 5.20. The molecule has 0 heterocycles. The molecule has 0 saturated heterocycles. The van der Waals surface area contributed by atoms with Crippen molar-refractivity contribution in [2.45, 2.75) is 58.4 Å². The lowest BCUT2D eigenvalue weighted by molar-refractivity contribution is -0.141. The number of hydrogen-bond donors (Lipinski definition) is 2. The molecule has 0 atom stereocenters. The SMILES string of the molecule is CC(C)N(CCCO)C(=O)C1(C(N)=S)CCCCC1. The van der Waals surface area contributed by atoms with Gasteiger partial charge >= 0.3 is 0 Å². The van der Waals surface area contributed by atoms with Crippen LogP contribution in [-0.2, 0) is 4.79 Å². The maximum Gasteiger partial charge on any atom is 0.235 e. The van der Waals surface area contributed by atoms with Crippen molar-refractivity contribution in [3.63, 3.8) is 0 Å². The summed E-state index contributed by atoms with van der Waals surface area (Å²) in [5.41, 5.74) is 5.26. The van der Waals surface area contributed by atoms with E-state index in [-0.39, 0.29) is 18.6 Å². The first-order valence-corrected chi connectivity index (χ1v) is 7.58. The van der Waals surface area contributed by atoms with E-state index in [1.807, 2.05) is 18.7 Å². The van der Waals surface area contributed by atoms with Crippen molar-refractivity contribution in [1.29, 1.82) is 0 Å². The summed E-state index contributed by atoms with van der Waals surface area (Å²) in [4.78, 5) is 15.0. The molecule has 0 aromatic heterocycles. The first-order valence-electron chi connectivity index (χ1n) is 7.17. The van der Waals surface area contributed by atoms with Crippen LogP contribution in [0.25, 0.3) is 0 Å². The lowest BCUT2D eigenvalue weighted by atomic mass is 9.72. The normalized spacial score (nSPS) is 18.3. The molecule has 0 bridgehead atoms. The second-order valence-corrected chi connectivity index (χ2v) is 6.12. The van der Waals surface area contributed by atoms with Crippen LogP contribution in [0.3, 0.4) is 0 Å². The number of nitrogens with two attached hydrogens (primary N) is 1. The fraction of sp³-hybridized carbons (Fsp3) is 0.857. The highest BCUT2D eigenvalue weighted by molar-refractivity contribution is 7.80. The largest absolute Gasteiger partial charge is 0.396 e. The number of rotatable bonds is 6. The molecule has 110 valence electrons. The van der Waals surface area contributed by atoms with Crippen LogP contribution in [0.15, 0.2) is 0 Å². The fourth-order valence-electron chi connectivity index (χ4n) is 2.83. The Bertz CT molecular complexity index is 325. The van der Waals surface area contributed by atoms with Crippen LogP contribution in [0, 0.1) is 5.41 Å². The van der Waals surface area contributed by atoms with Gasteiger partial charge in [0.2, 0.25) is 5.91 Å². The summed E-state index contributed by atoms with van der Waals surface area (Å²) in [5.74, 6) is 0.0585. The molecule has 0 aromatic carbocycles. The van der Waals surface area contributed by atoms with Gasteiger partial charge in [-0.3, -0.25) is 4.79 Å². The van der Waals surface area contributed by atoms with E-state index < -0.39 is 5.41 Å². The number of carbonyl (C=O) groups is 1. The van der Waals surface area contributed by atoms with E-state index in [0.717, 1.165) is 32.1 Å². The lowest BCUT2D eigenvalue weighted by Gasteiger charge is -2.40. The number of aliphatic hydroxyl groups is 1. The third-order valence-corrected chi connectivity index (χ3v) is 4.42. The first kappa shape index (κ1) is 16.4. The Morgan fingerprint density at radius 1 is 1.37 bits per heavy atom. The Hall–Kier alpha value is -0.680. The molecule has 0 radical (unpaired) electrons. The molecule has 1 amide bonds. The lowest BCUT2D eigenvalue weighted by Crippen LogP contribution is -2.53. The van der Waals surface area contributed by atoms with Crippen molar-refractivity contribution in [3.8, 4) is 0 Å². The van der Waals surface area contributed by atoms with Crippen molar-refractivity contribution in [3.05, 3.63) is 0 Å². The Labute approximate surface area is 121 Å². The van der Waals surface area contributed by atoms with Crippen LogP contribution in [0.2, 0.25) is 0 Å². The minimum absolute atomic E-state index is 0.0585. The number of nitrogens with zero attached hydrogens (tertiary/aromatic N) is 1. The predicted octanol–water partition coefficient (Wildman–Crippen LogP) is 1.84. The smallest absolute Gasteiger partial charge is 0.235 e. The zero-order valence-corrected chi connectivity index (χ0v) is 12.8. The maximum atomic E-state index is 12.9. The summed E-state index contributed by atoms with van der Waals surface area (Å²) in [6.07, 6.45) is 5.30. The third kappa shape index (κ3) is 3.66. The molecule has 3 N–H and O–H groups in total. The number of hydrogen-bond acceptors (Lipinski definition) is 3. The predicted molar refractivity (Wildman–Crippen MR) is 80.9 cm³/mol. The molecule has 1 rings (SSSR count). The molecule has 19 heavy (non-hydrogen) atoms. The summed E-state index contributed by atoms with van der Waals surface area (Å²) in [6, 6.07) is 0.104. The number of amides is 1. The van der Waals surface area contributed by atoms with Gasteiger partial charge in [0.05, 0.1) is 10.4 Å². The van der Waals surface area contributed by atoms with Crippen LogP contribution >= 0.6 is 12.2 Å². The van der Waals surface area contributed by atoms with Gasteiger partial charge < -0.3 is 15.7 Å². The Morgan fingerprint density at radius 2 is 1.95 bits per heavy atom. The number of thiocarbonyl (C=S) groups is 1. The Kier molecular flexibility index (Phi) is 6.20. The number of aliphatic hydroxyl groups excluding tert-OH is 1. The van der Waals surface area contributed by atoms with Crippen molar-refractivity contribution in [2.24, 2.45) is 11.1 Å². The zero-order chi connectivity index (χ0) is 14.5. The molecular formula is C14H26N2O2S. The van der Waals surface area contributed by atoms with Gasteiger partial charge in [-0.15, -0.1) is 0 Å². The van der Waals surface area contributed by atoms with Gasteiger partial charge in [-0.1, -0.05) is 31.5 Å². The highest BCUT2D eigenvalue weighted by Crippen LogP contribution is 2.38. The Balaban J connectivity index is 2.93. The molecular weight excluding hydrogens is 260 g/mol. The van der Waals surface area contributed by atoms with Gasteiger partial charge in [0.25, 0.3) is 0 Å². The highest BCUT2D eigenvalue weighted by atomic mass is 32.1. The quantitative estimate of drug-likeness (QED) is 0.731. The van der Waals surface area contributed by atoms with Gasteiger partial charge in [-0.05, 0) is 33.1 Å². The molecule has 0 unspecified atom stereocenters. The van der Waals surface area contributed by atoms with Gasteiger partial charge in [-0.2, -0.15) is 0 Å². The summed E-state index contributed by atoms with van der Waals surface area (Å²) in [6.45, 7) is 4.64. The summed E-state index contributed by atoms with van der Waals surface area (Å²) < 4.78 is 0. The Morgan fingerprint density at radius 3 is 2.37 bits per heavy atom. The minimum atomic E-state index is -0.646. The van der Waals surface area contributed by atoms with Crippen LogP contribution in [0.5, 0.6) is 0 Å². The van der Waals surface area contributed by atoms with Gasteiger partial charge in [0.15, 0.2) is 0 Å². The molecule has 1 aliphatic rings. The molecule has 1 aliphatic carbocycles. The third-order valence-electron chi connectivity index (χ3n) is 4.03. The summed E-state index contributed by atoms with van der Waals surface area (Å²) in [7, 11) is 0. The average molecular weight is 286 g/mol. The van der Waals surface area contributed by atoms with Crippen LogP contribution in [0.4, 0.5) is 0 Å². The first-order chi connectivity index (χ1) is 8.95. The monoisotopic (exact) mass is 286 g/mol. The van der Waals surface area contributed by atoms with Gasteiger partial charge in [0, 0.05) is 19.2 Å². The van der Waals surface area contributed by atoms with Crippen molar-refractivity contribution in [2.75, 3.05) is 13.2 Å². The van der Waals surface area contributed by atoms with E-state index >= 15 is 0 Å². The molecule has 4 nitrogen and oxygen atoms in total. The minimum Gasteiger partial charge on any atom is -0.396 e. The van der Waals surface area contributed by atoms with Gasteiger partial charge in [0.1, 0.15) is 0 Å².